The number of hydrogen-bond acceptors (Lipinski definition) is 5. The fourth-order valence-electron chi connectivity index (χ4n) is 6.39. The summed E-state index contributed by atoms with van der Waals surface area (Å²) in [6, 6.07) is 32.2. The molecule has 3 N–H and O–H groups in total. The zero-order chi connectivity index (χ0) is 32.9. The molecule has 0 bridgehead atoms. The fraction of sp³-hybridized carbons (Fsp3) is 0.231. The quantitative estimate of drug-likeness (QED) is 0.141. The van der Waals surface area contributed by atoms with E-state index in [1.165, 1.54) is 0 Å². The molecule has 1 saturated carbocycles. The predicted octanol–water partition coefficient (Wildman–Crippen LogP) is 6.31. The van der Waals surface area contributed by atoms with Crippen molar-refractivity contribution in [3.8, 4) is 0 Å². The third-order valence-electron chi connectivity index (χ3n) is 8.98. The van der Waals surface area contributed by atoms with Crippen molar-refractivity contribution in [2.75, 3.05) is 16.3 Å². The number of carbonyl (C=O) groups is 4. The van der Waals surface area contributed by atoms with Gasteiger partial charge in [0.2, 0.25) is 11.8 Å². The second-order valence-electron chi connectivity index (χ2n) is 12.2. The number of nitrogens with zero attached hydrogens (tertiary/aromatic N) is 2. The predicted molar refractivity (Wildman–Crippen MR) is 184 cm³/mol. The van der Waals surface area contributed by atoms with Gasteiger partial charge < -0.3 is 16.0 Å². The SMILES string of the molecule is C=CC[C@H](C(N)=O)[C@@H](CC1CC1)C(=O)NC1CN(c2ccccc2)c2ccccc2N(c2cccc(C(=O)c3ccccc3)c2)C1=O. The Morgan fingerprint density at radius 2 is 1.43 bits per heavy atom. The van der Waals surface area contributed by atoms with E-state index in [0.29, 0.717) is 34.8 Å². The molecule has 1 aliphatic heterocycles. The van der Waals surface area contributed by atoms with Crippen molar-refractivity contribution < 1.29 is 19.2 Å². The van der Waals surface area contributed by atoms with Crippen LogP contribution in [0.15, 0.2) is 122 Å². The minimum atomic E-state index is -0.998. The molecule has 1 fully saturated rings. The van der Waals surface area contributed by atoms with E-state index >= 15 is 0 Å². The monoisotopic (exact) mass is 626 g/mol. The van der Waals surface area contributed by atoms with Crippen molar-refractivity contribution >= 4 is 46.3 Å². The molecule has 0 aromatic heterocycles. The van der Waals surface area contributed by atoms with E-state index in [-0.39, 0.29) is 30.6 Å². The standard InChI is InChI=1S/C39H38N4O4/c1-2-12-31(37(40)45)32(23-26-21-22-26)38(46)41-33-25-42(29-16-7-4-8-17-29)34-19-9-10-20-35(34)43(39(33)47)30-18-11-15-28(24-30)36(44)27-13-5-3-6-14-27/h2-11,13-20,24,26,31-33H,1,12,21-23,25H2,(H2,40,45)(H,41,46)/t31-,32+,33?/m0/s1. The Hall–Kier alpha value is -5.50. The molecular formula is C39H38N4O4. The Morgan fingerprint density at radius 1 is 0.809 bits per heavy atom. The van der Waals surface area contributed by atoms with E-state index in [1.807, 2.05) is 77.7 Å². The number of carbonyl (C=O) groups excluding carboxylic acids is 4. The fourth-order valence-corrected chi connectivity index (χ4v) is 6.39. The van der Waals surface area contributed by atoms with Gasteiger partial charge in [-0.25, -0.2) is 0 Å². The summed E-state index contributed by atoms with van der Waals surface area (Å²) >= 11 is 0. The van der Waals surface area contributed by atoms with E-state index in [0.717, 1.165) is 24.2 Å². The maximum absolute atomic E-state index is 14.8. The lowest BCUT2D eigenvalue weighted by molar-refractivity contribution is -0.135. The molecule has 47 heavy (non-hydrogen) atoms. The molecule has 6 rings (SSSR count). The van der Waals surface area contributed by atoms with Gasteiger partial charge in [-0.2, -0.15) is 0 Å². The minimum absolute atomic E-state index is 0.142. The number of benzene rings is 4. The van der Waals surface area contributed by atoms with Gasteiger partial charge in [0.05, 0.1) is 29.8 Å². The molecule has 1 aliphatic carbocycles. The summed E-state index contributed by atoms with van der Waals surface area (Å²) in [7, 11) is 0. The number of amides is 3. The van der Waals surface area contributed by atoms with Crippen LogP contribution in [0, 0.1) is 17.8 Å². The lowest BCUT2D eigenvalue weighted by Crippen LogP contribution is -2.53. The second kappa shape index (κ2) is 13.9. The number of nitrogens with one attached hydrogen (secondary N) is 1. The molecule has 238 valence electrons. The summed E-state index contributed by atoms with van der Waals surface area (Å²) in [4.78, 5) is 58.5. The zero-order valence-electron chi connectivity index (χ0n) is 26.1. The summed E-state index contributed by atoms with van der Waals surface area (Å²) < 4.78 is 0. The van der Waals surface area contributed by atoms with Gasteiger partial charge in [-0.3, -0.25) is 24.1 Å². The Bertz CT molecular complexity index is 1790. The maximum Gasteiger partial charge on any atom is 0.256 e. The maximum atomic E-state index is 14.8. The van der Waals surface area contributed by atoms with Gasteiger partial charge in [-0.1, -0.05) is 91.7 Å². The second-order valence-corrected chi connectivity index (χ2v) is 12.2. The van der Waals surface area contributed by atoms with E-state index in [9.17, 15) is 19.2 Å². The molecule has 1 heterocycles. The molecule has 3 amide bonds. The van der Waals surface area contributed by atoms with Crippen LogP contribution in [0.2, 0.25) is 0 Å². The highest BCUT2D eigenvalue weighted by atomic mass is 16.2. The highest BCUT2D eigenvalue weighted by Crippen LogP contribution is 2.42. The molecule has 4 aromatic carbocycles. The first kappa shape index (κ1) is 31.5. The van der Waals surface area contributed by atoms with Crippen LogP contribution < -0.4 is 20.9 Å². The minimum Gasteiger partial charge on any atom is -0.369 e. The van der Waals surface area contributed by atoms with Crippen molar-refractivity contribution in [3.63, 3.8) is 0 Å². The van der Waals surface area contributed by atoms with Crippen molar-refractivity contribution in [3.05, 3.63) is 133 Å². The summed E-state index contributed by atoms with van der Waals surface area (Å²) in [5.41, 5.74) is 9.49. The van der Waals surface area contributed by atoms with Crippen molar-refractivity contribution in [1.29, 1.82) is 0 Å². The highest BCUT2D eigenvalue weighted by molar-refractivity contribution is 6.12. The number of fused-ring (bicyclic) bond motifs is 1. The first-order chi connectivity index (χ1) is 22.9. The summed E-state index contributed by atoms with van der Waals surface area (Å²) in [5.74, 6) is -2.55. The van der Waals surface area contributed by atoms with E-state index in [2.05, 4.69) is 11.9 Å². The largest absolute Gasteiger partial charge is 0.369 e. The summed E-state index contributed by atoms with van der Waals surface area (Å²) in [5, 5.41) is 3.05. The average Bonchev–Trinajstić information content (AvgIpc) is 3.94. The van der Waals surface area contributed by atoms with Crippen molar-refractivity contribution in [1.82, 2.24) is 5.32 Å². The number of allylic oxidation sites excluding steroid dienone is 1. The molecule has 4 aromatic rings. The third kappa shape index (κ3) is 6.87. The Balaban J connectivity index is 1.42. The van der Waals surface area contributed by atoms with Crippen molar-refractivity contribution in [2.24, 2.45) is 23.5 Å². The molecule has 0 radical (unpaired) electrons. The van der Waals surface area contributed by atoms with E-state index < -0.39 is 23.8 Å². The van der Waals surface area contributed by atoms with Gasteiger partial charge in [0.15, 0.2) is 5.78 Å². The number of primary amides is 1. The van der Waals surface area contributed by atoms with Gasteiger partial charge in [0.1, 0.15) is 6.04 Å². The Labute approximate surface area is 274 Å². The smallest absolute Gasteiger partial charge is 0.256 e. The third-order valence-corrected chi connectivity index (χ3v) is 8.98. The van der Waals surface area contributed by atoms with Crippen LogP contribution >= 0.6 is 0 Å². The van der Waals surface area contributed by atoms with E-state index in [1.54, 1.807) is 47.4 Å². The first-order valence-corrected chi connectivity index (χ1v) is 16.0. The highest BCUT2D eigenvalue weighted by Gasteiger charge is 2.41. The Kier molecular flexibility index (Phi) is 9.29. The molecule has 0 spiro atoms. The molecule has 1 unspecified atom stereocenters. The molecule has 3 atom stereocenters. The number of hydrogen-bond donors (Lipinski definition) is 2. The molecule has 8 heteroatoms. The van der Waals surface area contributed by atoms with Gasteiger partial charge in [0, 0.05) is 22.5 Å². The van der Waals surface area contributed by atoms with Crippen LogP contribution in [-0.2, 0) is 14.4 Å². The van der Waals surface area contributed by atoms with Crippen LogP contribution in [0.3, 0.4) is 0 Å². The molecule has 8 nitrogen and oxygen atoms in total. The topological polar surface area (TPSA) is 113 Å². The molecule has 2 aliphatic rings. The number of anilines is 4. The van der Waals surface area contributed by atoms with Gasteiger partial charge in [-0.15, -0.1) is 6.58 Å². The Morgan fingerprint density at radius 3 is 2.09 bits per heavy atom. The van der Waals surface area contributed by atoms with Gasteiger partial charge in [0.25, 0.3) is 5.91 Å². The summed E-state index contributed by atoms with van der Waals surface area (Å²) in [6.45, 7) is 3.92. The number of para-hydroxylation sites is 3. The van der Waals surface area contributed by atoms with E-state index in [4.69, 9.17) is 5.73 Å². The number of rotatable bonds is 12. The number of ketones is 1. The van der Waals surface area contributed by atoms with Gasteiger partial charge >= 0.3 is 0 Å². The lowest BCUT2D eigenvalue weighted by atomic mass is 9.84. The molecule has 0 saturated heterocycles. The van der Waals surface area contributed by atoms with Crippen LogP contribution in [0.5, 0.6) is 0 Å². The molecular weight excluding hydrogens is 588 g/mol. The summed E-state index contributed by atoms with van der Waals surface area (Å²) in [6.07, 6.45) is 4.39. The van der Waals surface area contributed by atoms with Crippen LogP contribution in [0.25, 0.3) is 0 Å². The van der Waals surface area contributed by atoms with Crippen molar-refractivity contribution in [2.45, 2.75) is 31.7 Å². The van der Waals surface area contributed by atoms with Crippen LogP contribution in [0.1, 0.15) is 41.6 Å². The zero-order valence-corrected chi connectivity index (χ0v) is 26.1. The first-order valence-electron chi connectivity index (χ1n) is 16.0. The lowest BCUT2D eigenvalue weighted by Gasteiger charge is -2.29. The number of nitrogens with two attached hydrogens (primary N) is 1. The van der Waals surface area contributed by atoms with Crippen LogP contribution in [-0.4, -0.2) is 36.1 Å². The van der Waals surface area contributed by atoms with Crippen LogP contribution in [0.4, 0.5) is 22.7 Å². The average molecular weight is 627 g/mol. The normalized spacial score (nSPS) is 17.2. The van der Waals surface area contributed by atoms with Gasteiger partial charge in [-0.05, 0) is 55.2 Å².